The maximum absolute atomic E-state index is 5.88. The van der Waals surface area contributed by atoms with E-state index in [2.05, 4.69) is 35.0 Å². The van der Waals surface area contributed by atoms with Gasteiger partial charge in [-0.1, -0.05) is 29.8 Å². The molecule has 0 saturated heterocycles. The fourth-order valence-corrected chi connectivity index (χ4v) is 3.42. The van der Waals surface area contributed by atoms with Gasteiger partial charge in [-0.2, -0.15) is 0 Å². The lowest BCUT2D eigenvalue weighted by Gasteiger charge is -2.18. The first-order valence-electron chi connectivity index (χ1n) is 6.79. The van der Waals surface area contributed by atoms with Gasteiger partial charge in [0.15, 0.2) is 0 Å². The van der Waals surface area contributed by atoms with Crippen LogP contribution in [0.1, 0.15) is 11.6 Å². The molecule has 1 aromatic heterocycles. The van der Waals surface area contributed by atoms with E-state index in [-0.39, 0.29) is 6.04 Å². The Hall–Kier alpha value is -1.55. The van der Waals surface area contributed by atoms with Crippen LogP contribution >= 0.6 is 22.9 Å². The Kier molecular flexibility index (Phi) is 4.44. The number of benzene rings is 2. The summed E-state index contributed by atoms with van der Waals surface area (Å²) in [6.07, 6.45) is 0. The van der Waals surface area contributed by atoms with Crippen molar-refractivity contribution in [3.05, 3.63) is 64.5 Å². The third kappa shape index (κ3) is 3.21. The summed E-state index contributed by atoms with van der Waals surface area (Å²) >= 11 is 7.65. The molecule has 0 aliphatic heterocycles. The van der Waals surface area contributed by atoms with Gasteiger partial charge in [0, 0.05) is 9.72 Å². The molecule has 2 aromatic carbocycles. The van der Waals surface area contributed by atoms with Crippen molar-refractivity contribution in [3.8, 4) is 5.75 Å². The minimum Gasteiger partial charge on any atom is -0.492 e. The number of ether oxygens (including phenoxy) is 1. The number of likely N-dealkylation sites (N-methyl/N-ethyl adjacent to an activating group) is 1. The zero-order valence-corrected chi connectivity index (χ0v) is 13.2. The van der Waals surface area contributed by atoms with Crippen molar-refractivity contribution >= 4 is 33.0 Å². The highest BCUT2D eigenvalue weighted by Gasteiger charge is 2.14. The Balaban J connectivity index is 1.79. The molecular formula is C17H16ClNOS. The van der Waals surface area contributed by atoms with Gasteiger partial charge < -0.3 is 10.1 Å². The number of hydrogen-bond donors (Lipinski definition) is 1. The average molecular weight is 318 g/mol. The molecule has 2 nitrogen and oxygen atoms in total. The summed E-state index contributed by atoms with van der Waals surface area (Å²) in [6.45, 7) is 0.579. The zero-order valence-electron chi connectivity index (χ0n) is 11.7. The molecule has 0 bridgehead atoms. The van der Waals surface area contributed by atoms with E-state index < -0.39 is 0 Å². The number of hydrogen-bond acceptors (Lipinski definition) is 3. The van der Waals surface area contributed by atoms with Crippen molar-refractivity contribution in [1.82, 2.24) is 5.32 Å². The Bertz CT molecular complexity index is 723. The number of thiophene rings is 1. The Labute approximate surface area is 133 Å². The number of halogens is 1. The molecule has 1 N–H and O–H groups in total. The quantitative estimate of drug-likeness (QED) is 0.723. The summed E-state index contributed by atoms with van der Waals surface area (Å²) in [5.41, 5.74) is 1.28. The highest BCUT2D eigenvalue weighted by molar-refractivity contribution is 7.17. The molecule has 4 heteroatoms. The summed E-state index contributed by atoms with van der Waals surface area (Å²) < 4.78 is 7.19. The number of fused-ring (bicyclic) bond motifs is 1. The molecule has 21 heavy (non-hydrogen) atoms. The fraction of sp³-hybridized carbons (Fsp3) is 0.176. The topological polar surface area (TPSA) is 21.3 Å². The van der Waals surface area contributed by atoms with Crippen LogP contribution in [-0.4, -0.2) is 13.7 Å². The fourth-order valence-electron chi connectivity index (χ4n) is 2.33. The van der Waals surface area contributed by atoms with Crippen molar-refractivity contribution in [3.63, 3.8) is 0 Å². The van der Waals surface area contributed by atoms with Crippen LogP contribution in [0.3, 0.4) is 0 Å². The Morgan fingerprint density at radius 3 is 2.71 bits per heavy atom. The van der Waals surface area contributed by atoms with Gasteiger partial charge in [-0.25, -0.2) is 0 Å². The molecule has 0 aliphatic carbocycles. The summed E-state index contributed by atoms with van der Waals surface area (Å²) in [5.74, 6) is 0.831. The molecule has 1 unspecified atom stereocenters. The lowest BCUT2D eigenvalue weighted by Crippen LogP contribution is -2.23. The maximum Gasteiger partial charge on any atom is 0.119 e. The van der Waals surface area contributed by atoms with Gasteiger partial charge in [0.25, 0.3) is 0 Å². The van der Waals surface area contributed by atoms with Crippen LogP contribution in [0.2, 0.25) is 5.02 Å². The van der Waals surface area contributed by atoms with Crippen molar-refractivity contribution in [2.24, 2.45) is 0 Å². The van der Waals surface area contributed by atoms with E-state index in [4.69, 9.17) is 16.3 Å². The summed E-state index contributed by atoms with van der Waals surface area (Å²) in [5, 5.41) is 7.46. The van der Waals surface area contributed by atoms with Crippen LogP contribution in [0.4, 0.5) is 0 Å². The van der Waals surface area contributed by atoms with Crippen LogP contribution in [-0.2, 0) is 0 Å². The monoisotopic (exact) mass is 317 g/mol. The van der Waals surface area contributed by atoms with Crippen molar-refractivity contribution in [2.75, 3.05) is 13.7 Å². The second kappa shape index (κ2) is 6.48. The van der Waals surface area contributed by atoms with Crippen LogP contribution in [0.25, 0.3) is 10.1 Å². The van der Waals surface area contributed by atoms with Crippen molar-refractivity contribution in [1.29, 1.82) is 0 Å². The first kappa shape index (κ1) is 14.4. The molecule has 0 saturated carbocycles. The molecule has 1 heterocycles. The standard InChI is InChI=1S/C17H16ClNOS/c1-19-16(11-20-14-7-5-13(18)6-8-14)15-4-2-3-12-9-10-21-17(12)15/h2-10,16,19H,11H2,1H3. The predicted molar refractivity (Wildman–Crippen MR) is 90.6 cm³/mol. The van der Waals surface area contributed by atoms with Crippen LogP contribution in [0.15, 0.2) is 53.9 Å². The van der Waals surface area contributed by atoms with E-state index in [1.165, 1.54) is 15.6 Å². The molecule has 3 aromatic rings. The Morgan fingerprint density at radius 1 is 1.14 bits per heavy atom. The second-order valence-electron chi connectivity index (χ2n) is 4.79. The van der Waals surface area contributed by atoms with E-state index in [0.29, 0.717) is 6.61 Å². The molecule has 108 valence electrons. The number of nitrogens with one attached hydrogen (secondary N) is 1. The molecular weight excluding hydrogens is 302 g/mol. The summed E-state index contributed by atoms with van der Waals surface area (Å²) in [7, 11) is 1.96. The third-order valence-corrected chi connectivity index (χ3v) is 4.69. The maximum atomic E-state index is 5.88. The largest absolute Gasteiger partial charge is 0.492 e. The molecule has 1 atom stereocenters. The minimum atomic E-state index is 0.156. The van der Waals surface area contributed by atoms with E-state index >= 15 is 0 Å². The van der Waals surface area contributed by atoms with Crippen LogP contribution < -0.4 is 10.1 Å². The van der Waals surface area contributed by atoms with E-state index in [1.54, 1.807) is 11.3 Å². The van der Waals surface area contributed by atoms with Crippen LogP contribution in [0.5, 0.6) is 5.75 Å². The zero-order chi connectivity index (χ0) is 14.7. The third-order valence-electron chi connectivity index (χ3n) is 3.46. The molecule has 0 spiro atoms. The van der Waals surface area contributed by atoms with Crippen molar-refractivity contribution in [2.45, 2.75) is 6.04 Å². The van der Waals surface area contributed by atoms with Gasteiger partial charge >= 0.3 is 0 Å². The predicted octanol–water partition coefficient (Wildman–Crippen LogP) is 4.89. The van der Waals surface area contributed by atoms with E-state index in [1.807, 2.05) is 31.3 Å². The molecule has 0 fully saturated rings. The minimum absolute atomic E-state index is 0.156. The van der Waals surface area contributed by atoms with Gasteiger partial charge in [0.05, 0.1) is 6.04 Å². The highest BCUT2D eigenvalue weighted by atomic mass is 35.5. The highest BCUT2D eigenvalue weighted by Crippen LogP contribution is 2.29. The van der Waals surface area contributed by atoms with Gasteiger partial charge in [-0.3, -0.25) is 0 Å². The van der Waals surface area contributed by atoms with Crippen molar-refractivity contribution < 1.29 is 4.74 Å². The molecule has 0 radical (unpaired) electrons. The molecule has 0 aliphatic rings. The van der Waals surface area contributed by atoms with E-state index in [0.717, 1.165) is 10.8 Å². The van der Waals surface area contributed by atoms with Gasteiger partial charge in [0.1, 0.15) is 12.4 Å². The normalized spacial score (nSPS) is 12.5. The Morgan fingerprint density at radius 2 is 1.95 bits per heavy atom. The summed E-state index contributed by atoms with van der Waals surface area (Å²) in [4.78, 5) is 0. The van der Waals surface area contributed by atoms with Crippen LogP contribution in [0, 0.1) is 0 Å². The lowest BCUT2D eigenvalue weighted by molar-refractivity contribution is 0.274. The summed E-state index contributed by atoms with van der Waals surface area (Å²) in [6, 6.07) is 16.2. The second-order valence-corrected chi connectivity index (χ2v) is 6.14. The molecule has 0 amide bonds. The lowest BCUT2D eigenvalue weighted by atomic mass is 10.1. The number of rotatable bonds is 5. The van der Waals surface area contributed by atoms with Gasteiger partial charge in [-0.05, 0) is 53.7 Å². The first-order valence-corrected chi connectivity index (χ1v) is 8.05. The molecule has 3 rings (SSSR count). The van der Waals surface area contributed by atoms with E-state index in [9.17, 15) is 0 Å². The first-order chi connectivity index (χ1) is 10.3. The smallest absolute Gasteiger partial charge is 0.119 e. The van der Waals surface area contributed by atoms with Gasteiger partial charge in [-0.15, -0.1) is 11.3 Å². The average Bonchev–Trinajstić information content (AvgIpc) is 2.99. The SMILES string of the molecule is CNC(COc1ccc(Cl)cc1)c1cccc2ccsc12. The van der Waals surface area contributed by atoms with Gasteiger partial charge in [0.2, 0.25) is 0 Å².